The van der Waals surface area contributed by atoms with Crippen LogP contribution in [0.2, 0.25) is 0 Å². The molecule has 0 aliphatic carbocycles. The van der Waals surface area contributed by atoms with E-state index in [0.29, 0.717) is 12.3 Å². The van der Waals surface area contributed by atoms with Gasteiger partial charge in [-0.3, -0.25) is 9.69 Å². The fourth-order valence-corrected chi connectivity index (χ4v) is 6.54. The van der Waals surface area contributed by atoms with Crippen LogP contribution in [0.3, 0.4) is 0 Å². The van der Waals surface area contributed by atoms with E-state index in [0.717, 1.165) is 47.6 Å². The molecule has 36 heavy (non-hydrogen) atoms. The van der Waals surface area contributed by atoms with E-state index in [1.807, 2.05) is 72.8 Å². The Labute approximate surface area is 214 Å². The summed E-state index contributed by atoms with van der Waals surface area (Å²) in [6.45, 7) is 1.93. The van der Waals surface area contributed by atoms with Crippen LogP contribution in [-0.4, -0.2) is 46.5 Å². The number of nitrogens with zero attached hydrogens (tertiary/aromatic N) is 3. The highest BCUT2D eigenvalue weighted by Gasteiger charge is 2.52. The summed E-state index contributed by atoms with van der Waals surface area (Å²) in [5, 5.41) is 4.22. The highest BCUT2D eigenvalue weighted by molar-refractivity contribution is 7.18. The molecule has 0 saturated carbocycles. The molecular formula is C29H28N4O2S. The summed E-state index contributed by atoms with van der Waals surface area (Å²) < 4.78 is 1.20. The molecule has 2 saturated heterocycles. The minimum Gasteiger partial charge on any atom is -0.319 e. The summed E-state index contributed by atoms with van der Waals surface area (Å²) in [5.41, 5.74) is 1.74. The van der Waals surface area contributed by atoms with Gasteiger partial charge < -0.3 is 5.32 Å². The second kappa shape index (κ2) is 9.48. The molecule has 7 heteroatoms. The van der Waals surface area contributed by atoms with Crippen LogP contribution in [-0.2, 0) is 16.8 Å². The topological polar surface area (TPSA) is 65.5 Å². The van der Waals surface area contributed by atoms with Gasteiger partial charge in [-0.15, -0.1) is 11.3 Å². The summed E-state index contributed by atoms with van der Waals surface area (Å²) in [4.78, 5) is 35.8. The average molecular weight is 497 g/mol. The minimum absolute atomic E-state index is 0.190. The SMILES string of the molecule is O=C1NC(Cc2ccccc2)(c2ccccc2)C(=O)N1CN1CCCC(c2nc3ccccc3s2)C1. The number of thiazole rings is 1. The molecule has 4 aromatic rings. The summed E-state index contributed by atoms with van der Waals surface area (Å²) >= 11 is 1.75. The molecule has 0 spiro atoms. The van der Waals surface area contributed by atoms with Crippen molar-refractivity contribution in [3.05, 3.63) is 101 Å². The molecule has 3 amide bonds. The number of rotatable bonds is 6. The van der Waals surface area contributed by atoms with Gasteiger partial charge in [0.15, 0.2) is 5.54 Å². The number of fused-ring (bicyclic) bond motifs is 1. The quantitative estimate of drug-likeness (QED) is 0.376. The van der Waals surface area contributed by atoms with Gasteiger partial charge in [0.1, 0.15) is 0 Å². The second-order valence-electron chi connectivity index (χ2n) is 9.67. The van der Waals surface area contributed by atoms with Crippen molar-refractivity contribution >= 4 is 33.5 Å². The summed E-state index contributed by atoms with van der Waals surface area (Å²) in [6, 6.07) is 27.4. The largest absolute Gasteiger partial charge is 0.326 e. The van der Waals surface area contributed by atoms with Crippen molar-refractivity contribution in [2.24, 2.45) is 0 Å². The number of hydrogen-bond acceptors (Lipinski definition) is 5. The van der Waals surface area contributed by atoms with Gasteiger partial charge in [0, 0.05) is 18.9 Å². The molecule has 0 radical (unpaired) electrons. The van der Waals surface area contributed by atoms with Gasteiger partial charge >= 0.3 is 6.03 Å². The highest BCUT2D eigenvalue weighted by Crippen LogP contribution is 2.35. The molecule has 1 N–H and O–H groups in total. The van der Waals surface area contributed by atoms with E-state index >= 15 is 0 Å². The third-order valence-electron chi connectivity index (χ3n) is 7.26. The minimum atomic E-state index is -1.11. The Kier molecular flexibility index (Phi) is 6.03. The third-order valence-corrected chi connectivity index (χ3v) is 8.46. The van der Waals surface area contributed by atoms with Crippen LogP contribution < -0.4 is 5.32 Å². The van der Waals surface area contributed by atoms with Crippen LogP contribution in [0, 0.1) is 0 Å². The lowest BCUT2D eigenvalue weighted by molar-refractivity contribution is -0.133. The molecule has 2 atom stereocenters. The number of hydrogen-bond donors (Lipinski definition) is 1. The third kappa shape index (κ3) is 4.18. The van der Waals surface area contributed by atoms with E-state index in [2.05, 4.69) is 22.3 Å². The molecule has 6 rings (SSSR count). The number of carbonyl (C=O) groups is 2. The molecule has 6 nitrogen and oxygen atoms in total. The second-order valence-corrected chi connectivity index (χ2v) is 10.7. The number of amides is 3. The molecule has 0 bridgehead atoms. The average Bonchev–Trinajstić information content (AvgIpc) is 3.46. The van der Waals surface area contributed by atoms with Crippen molar-refractivity contribution in [2.75, 3.05) is 19.8 Å². The van der Waals surface area contributed by atoms with Crippen LogP contribution >= 0.6 is 11.3 Å². The van der Waals surface area contributed by atoms with Gasteiger partial charge in [-0.2, -0.15) is 0 Å². The van der Waals surface area contributed by atoms with Gasteiger partial charge in [0.2, 0.25) is 0 Å². The standard InChI is InChI=1S/C29H28N4O2S/c34-27-29(23-13-5-2-6-14-23,18-21-10-3-1-4-11-21)31-28(35)33(27)20-32-17-9-12-22(19-32)26-30-24-15-7-8-16-25(24)36-26/h1-8,10-11,13-16,22H,9,12,17-20H2,(H,31,35). The fourth-order valence-electron chi connectivity index (χ4n) is 5.45. The Balaban J connectivity index is 1.24. The van der Waals surface area contributed by atoms with Gasteiger partial charge in [-0.05, 0) is 42.6 Å². The normalized spacial score (nSPS) is 22.8. The summed E-state index contributed by atoms with van der Waals surface area (Å²) in [6.07, 6.45) is 2.49. The molecule has 1 aromatic heterocycles. The van der Waals surface area contributed by atoms with Crippen molar-refractivity contribution in [1.29, 1.82) is 0 Å². The van der Waals surface area contributed by atoms with Crippen molar-refractivity contribution in [3.8, 4) is 0 Å². The van der Waals surface area contributed by atoms with Crippen LogP contribution in [0.4, 0.5) is 4.79 Å². The molecule has 182 valence electrons. The number of carbonyl (C=O) groups excluding carboxylic acids is 2. The molecule has 3 aromatic carbocycles. The van der Waals surface area contributed by atoms with E-state index in [1.165, 1.54) is 9.60 Å². The first-order valence-corrected chi connectivity index (χ1v) is 13.3. The number of urea groups is 1. The maximum absolute atomic E-state index is 14.0. The predicted molar refractivity (Wildman–Crippen MR) is 142 cm³/mol. The molecule has 2 aliphatic heterocycles. The van der Waals surface area contributed by atoms with Gasteiger partial charge in [0.05, 0.1) is 21.9 Å². The Hall–Kier alpha value is -3.55. The molecule has 2 unspecified atom stereocenters. The lowest BCUT2D eigenvalue weighted by Gasteiger charge is -2.34. The number of aromatic nitrogens is 1. The Morgan fingerprint density at radius 2 is 1.67 bits per heavy atom. The zero-order valence-electron chi connectivity index (χ0n) is 20.0. The zero-order valence-corrected chi connectivity index (χ0v) is 20.8. The van der Waals surface area contributed by atoms with Gasteiger partial charge in [-0.25, -0.2) is 14.7 Å². The molecule has 3 heterocycles. The number of piperidine rings is 1. The van der Waals surface area contributed by atoms with E-state index in [-0.39, 0.29) is 18.6 Å². The van der Waals surface area contributed by atoms with E-state index in [1.54, 1.807) is 11.3 Å². The zero-order chi connectivity index (χ0) is 24.5. The lowest BCUT2D eigenvalue weighted by Crippen LogP contribution is -2.48. The Bertz CT molecular complexity index is 1360. The first-order valence-electron chi connectivity index (χ1n) is 12.4. The number of benzene rings is 3. The van der Waals surface area contributed by atoms with Crippen molar-refractivity contribution in [2.45, 2.75) is 30.7 Å². The van der Waals surface area contributed by atoms with Crippen molar-refractivity contribution in [1.82, 2.24) is 20.1 Å². The fraction of sp³-hybridized carbons (Fsp3) is 0.276. The monoisotopic (exact) mass is 496 g/mol. The van der Waals surface area contributed by atoms with Crippen LogP contribution in [0.1, 0.15) is 34.9 Å². The van der Waals surface area contributed by atoms with Crippen LogP contribution in [0.15, 0.2) is 84.9 Å². The number of imide groups is 1. The maximum atomic E-state index is 14.0. The Morgan fingerprint density at radius 1 is 0.944 bits per heavy atom. The van der Waals surface area contributed by atoms with Gasteiger partial charge in [-0.1, -0.05) is 72.8 Å². The first kappa shape index (κ1) is 22.9. The van der Waals surface area contributed by atoms with E-state index in [4.69, 9.17) is 4.98 Å². The van der Waals surface area contributed by atoms with E-state index in [9.17, 15) is 9.59 Å². The smallest absolute Gasteiger partial charge is 0.319 e. The lowest BCUT2D eigenvalue weighted by atomic mass is 9.83. The summed E-state index contributed by atoms with van der Waals surface area (Å²) in [7, 11) is 0. The van der Waals surface area contributed by atoms with Crippen molar-refractivity contribution < 1.29 is 9.59 Å². The number of para-hydroxylation sites is 1. The Morgan fingerprint density at radius 3 is 2.44 bits per heavy atom. The van der Waals surface area contributed by atoms with E-state index < -0.39 is 5.54 Å². The molecular weight excluding hydrogens is 468 g/mol. The van der Waals surface area contributed by atoms with Crippen LogP contribution in [0.25, 0.3) is 10.2 Å². The summed E-state index contributed by atoms with van der Waals surface area (Å²) in [5.74, 6) is 0.116. The van der Waals surface area contributed by atoms with Crippen molar-refractivity contribution in [3.63, 3.8) is 0 Å². The number of likely N-dealkylation sites (tertiary alicyclic amines) is 1. The highest BCUT2D eigenvalue weighted by atomic mass is 32.1. The first-order chi connectivity index (χ1) is 17.6. The maximum Gasteiger partial charge on any atom is 0.326 e. The molecule has 2 fully saturated rings. The predicted octanol–water partition coefficient (Wildman–Crippen LogP) is 5.12. The molecule has 2 aliphatic rings. The van der Waals surface area contributed by atoms with Gasteiger partial charge in [0.25, 0.3) is 5.91 Å². The van der Waals surface area contributed by atoms with Crippen LogP contribution in [0.5, 0.6) is 0 Å². The number of nitrogens with one attached hydrogen (secondary N) is 1.